The van der Waals surface area contributed by atoms with Crippen LogP contribution in [0.15, 0.2) is 18.5 Å². The van der Waals surface area contributed by atoms with E-state index in [1.54, 1.807) is 13.3 Å². The first kappa shape index (κ1) is 12.3. The lowest BCUT2D eigenvalue weighted by atomic mass is 10.2. The lowest BCUT2D eigenvalue weighted by molar-refractivity contribution is 0.171. The number of nitrogens with one attached hydrogen (secondary N) is 1. The van der Waals surface area contributed by atoms with Crippen LogP contribution in [-0.2, 0) is 11.3 Å². The minimum atomic E-state index is 0.677. The zero-order valence-corrected chi connectivity index (χ0v) is 10.3. The Morgan fingerprint density at radius 3 is 3.06 bits per heavy atom. The second-order valence-electron chi connectivity index (χ2n) is 4.33. The zero-order chi connectivity index (χ0) is 11.9. The van der Waals surface area contributed by atoms with E-state index in [0.29, 0.717) is 12.6 Å². The van der Waals surface area contributed by atoms with Gasteiger partial charge in [-0.25, -0.2) is 0 Å². The molecule has 1 N–H and O–H groups in total. The van der Waals surface area contributed by atoms with Crippen molar-refractivity contribution in [2.45, 2.75) is 31.8 Å². The first-order valence-corrected chi connectivity index (χ1v) is 6.18. The van der Waals surface area contributed by atoms with Gasteiger partial charge in [0.2, 0.25) is 0 Å². The molecule has 4 nitrogen and oxygen atoms in total. The summed E-state index contributed by atoms with van der Waals surface area (Å²) in [5.41, 5.74) is 1.18. The summed E-state index contributed by atoms with van der Waals surface area (Å²) in [6, 6.07) is 2.73. The number of pyridine rings is 1. The van der Waals surface area contributed by atoms with Crippen molar-refractivity contribution in [1.29, 1.82) is 0 Å². The van der Waals surface area contributed by atoms with E-state index in [-0.39, 0.29) is 0 Å². The molecule has 1 aliphatic carbocycles. The number of ether oxygens (including phenoxy) is 2. The molecule has 94 valence electrons. The van der Waals surface area contributed by atoms with Gasteiger partial charge in [-0.3, -0.25) is 4.98 Å². The van der Waals surface area contributed by atoms with Crippen LogP contribution in [0.1, 0.15) is 24.8 Å². The molecule has 1 fully saturated rings. The molecule has 1 aromatic rings. The average molecular weight is 236 g/mol. The molecule has 0 bridgehead atoms. The molecule has 2 rings (SSSR count). The summed E-state index contributed by atoms with van der Waals surface area (Å²) in [6.07, 6.45) is 7.10. The van der Waals surface area contributed by atoms with Gasteiger partial charge < -0.3 is 14.8 Å². The summed E-state index contributed by atoms with van der Waals surface area (Å²) >= 11 is 0. The molecule has 1 saturated carbocycles. The third kappa shape index (κ3) is 4.32. The Kier molecular flexibility index (Phi) is 4.76. The van der Waals surface area contributed by atoms with Gasteiger partial charge in [0.15, 0.2) is 0 Å². The molecular formula is C13H20N2O2. The maximum Gasteiger partial charge on any atom is 0.142 e. The Morgan fingerprint density at radius 2 is 2.29 bits per heavy atom. The molecule has 1 heterocycles. The van der Waals surface area contributed by atoms with E-state index < -0.39 is 0 Å². The van der Waals surface area contributed by atoms with Crippen LogP contribution in [-0.4, -0.2) is 31.3 Å². The summed E-state index contributed by atoms with van der Waals surface area (Å²) in [7, 11) is 1.70. The molecule has 17 heavy (non-hydrogen) atoms. The van der Waals surface area contributed by atoms with Crippen molar-refractivity contribution in [2.75, 3.05) is 20.3 Å². The number of hydrogen-bond acceptors (Lipinski definition) is 4. The van der Waals surface area contributed by atoms with Crippen molar-refractivity contribution in [1.82, 2.24) is 10.3 Å². The lowest BCUT2D eigenvalue weighted by Crippen LogP contribution is -2.16. The van der Waals surface area contributed by atoms with Gasteiger partial charge in [-0.1, -0.05) is 0 Å². The van der Waals surface area contributed by atoms with Crippen molar-refractivity contribution in [3.8, 4) is 5.75 Å². The molecule has 1 aliphatic rings. The van der Waals surface area contributed by atoms with E-state index in [9.17, 15) is 0 Å². The molecule has 0 spiro atoms. The monoisotopic (exact) mass is 236 g/mol. The Labute approximate surface area is 102 Å². The van der Waals surface area contributed by atoms with Crippen LogP contribution < -0.4 is 10.1 Å². The number of aromatic nitrogens is 1. The van der Waals surface area contributed by atoms with E-state index in [1.165, 1.54) is 18.4 Å². The smallest absolute Gasteiger partial charge is 0.142 e. The van der Waals surface area contributed by atoms with Crippen LogP contribution in [0.2, 0.25) is 0 Å². The van der Waals surface area contributed by atoms with Crippen molar-refractivity contribution >= 4 is 0 Å². The summed E-state index contributed by atoms with van der Waals surface area (Å²) in [5, 5.41) is 3.48. The molecule has 0 saturated heterocycles. The fourth-order valence-electron chi connectivity index (χ4n) is 1.61. The van der Waals surface area contributed by atoms with Gasteiger partial charge in [-0.2, -0.15) is 0 Å². The molecule has 0 atom stereocenters. The predicted molar refractivity (Wildman–Crippen MR) is 66.1 cm³/mol. The van der Waals surface area contributed by atoms with Crippen LogP contribution in [0.4, 0.5) is 0 Å². The quantitative estimate of drug-likeness (QED) is 0.698. The van der Waals surface area contributed by atoms with Crippen LogP contribution in [0.5, 0.6) is 5.75 Å². The van der Waals surface area contributed by atoms with Gasteiger partial charge in [-0.05, 0) is 18.9 Å². The third-order valence-electron chi connectivity index (χ3n) is 2.78. The van der Waals surface area contributed by atoms with Gasteiger partial charge in [0.05, 0.1) is 12.8 Å². The number of rotatable bonds is 8. The first-order chi connectivity index (χ1) is 8.40. The fourth-order valence-corrected chi connectivity index (χ4v) is 1.61. The summed E-state index contributed by atoms with van der Waals surface area (Å²) in [6.45, 7) is 2.28. The van der Waals surface area contributed by atoms with E-state index >= 15 is 0 Å². The highest BCUT2D eigenvalue weighted by Gasteiger charge is 2.20. The van der Waals surface area contributed by atoms with Gasteiger partial charge in [-0.15, -0.1) is 0 Å². The van der Waals surface area contributed by atoms with E-state index in [0.717, 1.165) is 25.3 Å². The van der Waals surface area contributed by atoms with Gasteiger partial charge in [0, 0.05) is 44.5 Å². The standard InChI is InChI=1S/C13H20N2O2/c1-16-7-2-8-17-13-10-14-6-5-11(13)9-15-12-3-4-12/h5-6,10,12,15H,2-4,7-9H2,1H3. The molecule has 0 amide bonds. The van der Waals surface area contributed by atoms with E-state index in [4.69, 9.17) is 9.47 Å². The minimum absolute atomic E-state index is 0.677. The predicted octanol–water partition coefficient (Wildman–Crippen LogP) is 1.75. The maximum atomic E-state index is 5.71. The Bertz CT molecular complexity index is 340. The average Bonchev–Trinajstić information content (AvgIpc) is 3.17. The number of nitrogens with zero attached hydrogens (tertiary/aromatic N) is 1. The largest absolute Gasteiger partial charge is 0.492 e. The van der Waals surface area contributed by atoms with E-state index in [2.05, 4.69) is 10.3 Å². The summed E-state index contributed by atoms with van der Waals surface area (Å²) in [5.74, 6) is 0.886. The highest BCUT2D eigenvalue weighted by Crippen LogP contribution is 2.22. The van der Waals surface area contributed by atoms with Crippen molar-refractivity contribution < 1.29 is 9.47 Å². The second-order valence-corrected chi connectivity index (χ2v) is 4.33. The SMILES string of the molecule is COCCCOc1cnccc1CNC1CC1. The third-order valence-corrected chi connectivity index (χ3v) is 2.78. The molecule has 0 aliphatic heterocycles. The van der Waals surface area contributed by atoms with Crippen molar-refractivity contribution in [2.24, 2.45) is 0 Å². The minimum Gasteiger partial charge on any atom is -0.492 e. The molecule has 0 unspecified atom stereocenters. The number of methoxy groups -OCH3 is 1. The molecule has 0 radical (unpaired) electrons. The Balaban J connectivity index is 1.80. The maximum absolute atomic E-state index is 5.71. The second kappa shape index (κ2) is 6.57. The van der Waals surface area contributed by atoms with Crippen LogP contribution in [0.3, 0.4) is 0 Å². The topological polar surface area (TPSA) is 43.4 Å². The van der Waals surface area contributed by atoms with Gasteiger partial charge in [0.1, 0.15) is 5.75 Å². The summed E-state index contributed by atoms with van der Waals surface area (Å²) < 4.78 is 10.7. The lowest BCUT2D eigenvalue weighted by Gasteiger charge is -2.11. The molecular weight excluding hydrogens is 216 g/mol. The Hall–Kier alpha value is -1.13. The Morgan fingerprint density at radius 1 is 1.41 bits per heavy atom. The van der Waals surface area contributed by atoms with Crippen LogP contribution >= 0.6 is 0 Å². The molecule has 0 aromatic carbocycles. The van der Waals surface area contributed by atoms with Crippen LogP contribution in [0, 0.1) is 0 Å². The summed E-state index contributed by atoms with van der Waals surface area (Å²) in [4.78, 5) is 4.10. The number of hydrogen-bond donors (Lipinski definition) is 1. The van der Waals surface area contributed by atoms with Gasteiger partial charge in [0.25, 0.3) is 0 Å². The van der Waals surface area contributed by atoms with Crippen molar-refractivity contribution in [3.05, 3.63) is 24.0 Å². The van der Waals surface area contributed by atoms with Crippen LogP contribution in [0.25, 0.3) is 0 Å². The molecule has 1 aromatic heterocycles. The van der Waals surface area contributed by atoms with Crippen molar-refractivity contribution in [3.63, 3.8) is 0 Å². The van der Waals surface area contributed by atoms with Gasteiger partial charge >= 0.3 is 0 Å². The normalized spacial score (nSPS) is 14.9. The fraction of sp³-hybridized carbons (Fsp3) is 0.615. The zero-order valence-electron chi connectivity index (χ0n) is 10.3. The molecule has 4 heteroatoms. The first-order valence-electron chi connectivity index (χ1n) is 6.18. The highest BCUT2D eigenvalue weighted by molar-refractivity contribution is 5.29. The van der Waals surface area contributed by atoms with E-state index in [1.807, 2.05) is 12.3 Å². The highest BCUT2D eigenvalue weighted by atomic mass is 16.5.